The number of nitrogens with two attached hydrogens (primary N) is 2. The van der Waals surface area contributed by atoms with E-state index in [4.69, 9.17) is 11.5 Å². The van der Waals surface area contributed by atoms with E-state index in [1.807, 2.05) is 0 Å². The van der Waals surface area contributed by atoms with E-state index in [-0.39, 0.29) is 12.8 Å². The zero-order chi connectivity index (χ0) is 14.6. The Bertz CT molecular complexity index is 455. The Balaban J connectivity index is 2.69. The molecule has 0 saturated carbocycles. The zero-order valence-electron chi connectivity index (χ0n) is 9.91. The molecule has 2 amide bonds. The molecule has 1 aromatic rings. The number of carbonyl (C=O) groups is 2. The second-order valence-electron chi connectivity index (χ2n) is 4.09. The second kappa shape index (κ2) is 5.73. The summed E-state index contributed by atoms with van der Waals surface area (Å²) in [7, 11) is 0. The van der Waals surface area contributed by atoms with Crippen LogP contribution in [0.3, 0.4) is 0 Å². The third-order valence-electron chi connectivity index (χ3n) is 2.69. The second-order valence-corrected chi connectivity index (χ2v) is 4.09. The van der Waals surface area contributed by atoms with E-state index < -0.39 is 29.5 Å². The van der Waals surface area contributed by atoms with Crippen LogP contribution < -0.4 is 11.5 Å². The average molecular weight is 274 g/mol. The van der Waals surface area contributed by atoms with E-state index in [1.54, 1.807) is 0 Å². The molecule has 104 valence electrons. The van der Waals surface area contributed by atoms with Crippen LogP contribution in [0, 0.1) is 5.92 Å². The molecule has 0 aliphatic rings. The van der Waals surface area contributed by atoms with Gasteiger partial charge in [-0.25, -0.2) is 0 Å². The van der Waals surface area contributed by atoms with Gasteiger partial charge in [0.15, 0.2) is 0 Å². The Kier molecular flexibility index (Phi) is 4.52. The van der Waals surface area contributed by atoms with Crippen LogP contribution in [0.1, 0.15) is 17.5 Å². The van der Waals surface area contributed by atoms with Crippen LogP contribution >= 0.6 is 0 Å². The maximum absolute atomic E-state index is 12.3. The molecule has 0 aliphatic carbocycles. The zero-order valence-corrected chi connectivity index (χ0v) is 9.91. The molecule has 0 spiro atoms. The van der Waals surface area contributed by atoms with Gasteiger partial charge in [-0.15, -0.1) is 0 Å². The number of alkyl halides is 3. The van der Waals surface area contributed by atoms with E-state index in [0.717, 1.165) is 12.1 Å². The smallest absolute Gasteiger partial charge is 0.369 e. The third-order valence-corrected chi connectivity index (χ3v) is 2.69. The first kappa shape index (κ1) is 15.0. The minimum absolute atomic E-state index is 0.0794. The lowest BCUT2D eigenvalue weighted by molar-refractivity contribution is -0.137. The van der Waals surface area contributed by atoms with E-state index >= 15 is 0 Å². The molecule has 7 heteroatoms. The van der Waals surface area contributed by atoms with E-state index in [0.29, 0.717) is 5.56 Å². The summed E-state index contributed by atoms with van der Waals surface area (Å²) in [6, 6.07) is 4.47. The highest BCUT2D eigenvalue weighted by Gasteiger charge is 2.30. The van der Waals surface area contributed by atoms with Gasteiger partial charge in [-0.1, -0.05) is 12.1 Å². The lowest BCUT2D eigenvalue weighted by Crippen LogP contribution is -2.35. The monoisotopic (exact) mass is 274 g/mol. The molecule has 0 saturated heterocycles. The summed E-state index contributed by atoms with van der Waals surface area (Å²) in [5.74, 6) is -2.78. The number of primary amides is 2. The molecule has 4 N–H and O–H groups in total. The largest absolute Gasteiger partial charge is 0.416 e. The molecule has 0 atom stereocenters. The van der Waals surface area contributed by atoms with Gasteiger partial charge < -0.3 is 11.5 Å². The fourth-order valence-electron chi connectivity index (χ4n) is 1.60. The first-order valence-electron chi connectivity index (χ1n) is 5.46. The van der Waals surface area contributed by atoms with Gasteiger partial charge in [0.25, 0.3) is 0 Å². The topological polar surface area (TPSA) is 86.2 Å². The first-order valence-corrected chi connectivity index (χ1v) is 5.46. The lowest BCUT2D eigenvalue weighted by atomic mass is 9.98. The van der Waals surface area contributed by atoms with Crippen LogP contribution in [-0.4, -0.2) is 11.8 Å². The van der Waals surface area contributed by atoms with Crippen molar-refractivity contribution in [3.8, 4) is 0 Å². The maximum atomic E-state index is 12.3. The molecule has 0 radical (unpaired) electrons. The Morgan fingerprint density at radius 2 is 1.53 bits per heavy atom. The summed E-state index contributed by atoms with van der Waals surface area (Å²) in [5, 5.41) is 0. The third kappa shape index (κ3) is 4.27. The van der Waals surface area contributed by atoms with E-state index in [9.17, 15) is 22.8 Å². The number of hydrogen-bond donors (Lipinski definition) is 2. The lowest BCUT2D eigenvalue weighted by Gasteiger charge is -2.10. The predicted molar refractivity (Wildman–Crippen MR) is 61.6 cm³/mol. The van der Waals surface area contributed by atoms with Crippen LogP contribution in [0.4, 0.5) is 13.2 Å². The molecule has 0 heterocycles. The Hall–Kier alpha value is -2.05. The molecule has 0 unspecified atom stereocenters. The Labute approximate surface area is 107 Å². The summed E-state index contributed by atoms with van der Waals surface area (Å²) < 4.78 is 37.0. The van der Waals surface area contributed by atoms with Crippen molar-refractivity contribution < 1.29 is 22.8 Å². The van der Waals surface area contributed by atoms with Crippen molar-refractivity contribution in [2.24, 2.45) is 17.4 Å². The van der Waals surface area contributed by atoms with Gasteiger partial charge in [-0.2, -0.15) is 13.2 Å². The van der Waals surface area contributed by atoms with Crippen LogP contribution in [0.15, 0.2) is 24.3 Å². The molecular weight excluding hydrogens is 261 g/mol. The van der Waals surface area contributed by atoms with Gasteiger partial charge in [0.1, 0.15) is 5.92 Å². The quantitative estimate of drug-likeness (QED) is 0.791. The number of aryl methyl sites for hydroxylation is 1. The van der Waals surface area contributed by atoms with Crippen molar-refractivity contribution in [2.45, 2.75) is 19.0 Å². The highest BCUT2D eigenvalue weighted by molar-refractivity contribution is 5.98. The van der Waals surface area contributed by atoms with Crippen LogP contribution in [-0.2, 0) is 22.2 Å². The number of benzene rings is 1. The molecule has 0 bridgehead atoms. The van der Waals surface area contributed by atoms with Gasteiger partial charge >= 0.3 is 6.18 Å². The summed E-state index contributed by atoms with van der Waals surface area (Å²) >= 11 is 0. The number of rotatable bonds is 5. The van der Waals surface area contributed by atoms with Gasteiger partial charge in [0, 0.05) is 0 Å². The molecule has 4 nitrogen and oxygen atoms in total. The van der Waals surface area contributed by atoms with Crippen molar-refractivity contribution in [1.82, 2.24) is 0 Å². The van der Waals surface area contributed by atoms with Crippen molar-refractivity contribution in [3.63, 3.8) is 0 Å². The molecule has 0 aromatic heterocycles. The van der Waals surface area contributed by atoms with Gasteiger partial charge in [-0.05, 0) is 30.5 Å². The SMILES string of the molecule is NC(=O)C(CCc1ccc(C(F)(F)F)cc1)C(N)=O. The van der Waals surface area contributed by atoms with Crippen LogP contribution in [0.5, 0.6) is 0 Å². The minimum Gasteiger partial charge on any atom is -0.369 e. The molecule has 0 aliphatic heterocycles. The maximum Gasteiger partial charge on any atom is 0.416 e. The Morgan fingerprint density at radius 3 is 1.89 bits per heavy atom. The number of amides is 2. The molecule has 19 heavy (non-hydrogen) atoms. The summed E-state index contributed by atoms with van der Waals surface area (Å²) in [4.78, 5) is 21.8. The van der Waals surface area contributed by atoms with Crippen molar-refractivity contribution in [1.29, 1.82) is 0 Å². The first-order chi connectivity index (χ1) is 8.71. The van der Waals surface area contributed by atoms with Crippen molar-refractivity contribution >= 4 is 11.8 Å². The summed E-state index contributed by atoms with van der Waals surface area (Å²) in [5.41, 5.74) is 9.81. The van der Waals surface area contributed by atoms with Gasteiger partial charge in [0.2, 0.25) is 11.8 Å². The standard InChI is InChI=1S/C12H13F3N2O2/c13-12(14,15)8-4-1-7(2-5-8)3-6-9(10(16)18)11(17)19/h1-2,4-5,9H,3,6H2,(H2,16,18)(H2,17,19). The van der Waals surface area contributed by atoms with Crippen LogP contribution in [0.2, 0.25) is 0 Å². The number of halogens is 3. The van der Waals surface area contributed by atoms with Crippen molar-refractivity contribution in [3.05, 3.63) is 35.4 Å². The molecule has 1 rings (SSSR count). The van der Waals surface area contributed by atoms with Crippen LogP contribution in [0.25, 0.3) is 0 Å². The fraction of sp³-hybridized carbons (Fsp3) is 0.333. The Morgan fingerprint density at radius 1 is 1.05 bits per heavy atom. The normalized spacial score (nSPS) is 11.6. The molecular formula is C12H13F3N2O2. The van der Waals surface area contributed by atoms with Gasteiger partial charge in [0.05, 0.1) is 5.56 Å². The van der Waals surface area contributed by atoms with Crippen molar-refractivity contribution in [2.75, 3.05) is 0 Å². The molecule has 0 fully saturated rings. The van der Waals surface area contributed by atoms with E-state index in [1.165, 1.54) is 12.1 Å². The highest BCUT2D eigenvalue weighted by atomic mass is 19.4. The highest BCUT2D eigenvalue weighted by Crippen LogP contribution is 2.29. The predicted octanol–water partition coefficient (Wildman–Crippen LogP) is 1.22. The summed E-state index contributed by atoms with van der Waals surface area (Å²) in [6.45, 7) is 0. The van der Waals surface area contributed by atoms with E-state index in [2.05, 4.69) is 0 Å². The van der Waals surface area contributed by atoms with Gasteiger partial charge in [-0.3, -0.25) is 9.59 Å². The minimum atomic E-state index is -4.39. The number of carbonyl (C=O) groups excluding carboxylic acids is 2. The summed E-state index contributed by atoms with van der Waals surface area (Å²) in [6.07, 6.45) is -4.06. The fourth-order valence-corrected chi connectivity index (χ4v) is 1.60. The number of hydrogen-bond acceptors (Lipinski definition) is 2. The molecule has 1 aromatic carbocycles. The average Bonchev–Trinajstić information content (AvgIpc) is 2.27.